The predicted octanol–water partition coefficient (Wildman–Crippen LogP) is 1.73. The Morgan fingerprint density at radius 2 is 1.10 bits per heavy atom. The first kappa shape index (κ1) is 29.0. The van der Waals surface area contributed by atoms with Crippen LogP contribution in [0.5, 0.6) is 0 Å². The first-order valence-electron chi connectivity index (χ1n) is 9.95. The van der Waals surface area contributed by atoms with Crippen molar-refractivity contribution in [2.45, 2.75) is 91.0 Å². The van der Waals surface area contributed by atoms with E-state index in [0.717, 1.165) is 20.8 Å². The maximum Gasteiger partial charge on any atom is 0.303 e. The summed E-state index contributed by atoms with van der Waals surface area (Å²) >= 11 is 0. The Labute approximate surface area is 184 Å². The normalized spacial score (nSPS) is 15.8. The van der Waals surface area contributed by atoms with Crippen LogP contribution >= 0.6 is 0 Å². The van der Waals surface area contributed by atoms with E-state index in [0.29, 0.717) is 0 Å². The van der Waals surface area contributed by atoms with Crippen molar-refractivity contribution in [2.75, 3.05) is 13.2 Å². The average molecular weight is 465 g/mol. The van der Waals surface area contributed by atoms with E-state index in [1.54, 1.807) is 0 Å². The van der Waals surface area contributed by atoms with E-state index in [1.165, 1.54) is 6.92 Å². The molecule has 0 radical (unpaired) electrons. The Balaban J connectivity index is 6.18. The lowest BCUT2D eigenvalue weighted by atomic mass is 10.0. The lowest BCUT2D eigenvalue weighted by Crippen LogP contribution is -2.55. The van der Waals surface area contributed by atoms with Crippen molar-refractivity contribution in [2.24, 2.45) is 0 Å². The van der Waals surface area contributed by atoms with Crippen LogP contribution in [0.4, 0.5) is 0 Å². The Morgan fingerprint density at radius 3 is 1.42 bits per heavy atom. The van der Waals surface area contributed by atoms with Gasteiger partial charge in [0.15, 0.2) is 32.7 Å². The molecule has 0 unspecified atom stereocenters. The van der Waals surface area contributed by atoms with Crippen molar-refractivity contribution in [3.8, 4) is 0 Å². The molecule has 1 N–H and O–H groups in total. The van der Waals surface area contributed by atoms with E-state index < -0.39 is 63.2 Å². The molecule has 0 rings (SSSR count). The van der Waals surface area contributed by atoms with Crippen LogP contribution in [0.25, 0.3) is 0 Å². The van der Waals surface area contributed by atoms with Crippen LogP contribution in [0.1, 0.15) is 48.5 Å². The molecule has 31 heavy (non-hydrogen) atoms. The van der Waals surface area contributed by atoms with Crippen LogP contribution in [-0.4, -0.2) is 74.9 Å². The number of aliphatic hydroxyl groups excluding tert-OH is 1. The molecule has 0 aliphatic rings. The molecule has 0 aromatic rings. The molecular weight excluding hydrogens is 428 g/mol. The van der Waals surface area contributed by atoms with E-state index in [1.807, 2.05) is 33.9 Å². The summed E-state index contributed by atoms with van der Waals surface area (Å²) in [5.74, 6) is -2.97. The minimum Gasteiger partial charge on any atom is -0.456 e. The third kappa shape index (κ3) is 10.2. The highest BCUT2D eigenvalue weighted by atomic mass is 28.4. The van der Waals surface area contributed by atoms with Gasteiger partial charge in [0, 0.05) is 27.7 Å². The summed E-state index contributed by atoms with van der Waals surface area (Å²) in [4.78, 5) is 46.8. The smallest absolute Gasteiger partial charge is 0.303 e. The van der Waals surface area contributed by atoms with Gasteiger partial charge in [-0.05, 0) is 18.1 Å². The SMILES string of the molecule is CC(=O)O[C@@H]([C@H](OC(C)=O)[C@@H](CO[Si](C)(C)C(C)(C)C)OC(C)=O)[C@@H](CO)OC(C)=O. The van der Waals surface area contributed by atoms with Gasteiger partial charge in [-0.3, -0.25) is 19.2 Å². The van der Waals surface area contributed by atoms with Gasteiger partial charge < -0.3 is 28.5 Å². The second kappa shape index (κ2) is 12.2. The van der Waals surface area contributed by atoms with Gasteiger partial charge in [-0.2, -0.15) is 0 Å². The highest BCUT2D eigenvalue weighted by molar-refractivity contribution is 6.74. The maximum atomic E-state index is 11.8. The van der Waals surface area contributed by atoms with E-state index >= 15 is 0 Å². The number of rotatable bonds is 11. The average Bonchev–Trinajstić information content (AvgIpc) is 2.57. The zero-order valence-electron chi connectivity index (χ0n) is 19.8. The molecule has 0 aromatic carbocycles. The van der Waals surface area contributed by atoms with Crippen LogP contribution in [0.3, 0.4) is 0 Å². The summed E-state index contributed by atoms with van der Waals surface area (Å²) < 4.78 is 27.1. The highest BCUT2D eigenvalue weighted by Crippen LogP contribution is 2.37. The van der Waals surface area contributed by atoms with Crippen molar-refractivity contribution in [1.29, 1.82) is 0 Å². The van der Waals surface area contributed by atoms with Crippen LogP contribution in [0.2, 0.25) is 18.1 Å². The topological polar surface area (TPSA) is 135 Å². The summed E-state index contributed by atoms with van der Waals surface area (Å²) in [6, 6.07) is 0. The molecule has 0 saturated heterocycles. The number of carbonyl (C=O) groups is 4. The fourth-order valence-corrected chi connectivity index (χ4v) is 3.44. The molecule has 0 heterocycles. The van der Waals surface area contributed by atoms with Crippen LogP contribution in [0.15, 0.2) is 0 Å². The van der Waals surface area contributed by atoms with Crippen molar-refractivity contribution < 1.29 is 47.7 Å². The van der Waals surface area contributed by atoms with E-state index in [4.69, 9.17) is 23.4 Å². The quantitative estimate of drug-likeness (QED) is 0.273. The predicted molar refractivity (Wildman–Crippen MR) is 112 cm³/mol. The molecule has 10 nitrogen and oxygen atoms in total. The molecule has 180 valence electrons. The maximum absolute atomic E-state index is 11.8. The van der Waals surface area contributed by atoms with Gasteiger partial charge in [0.1, 0.15) is 0 Å². The highest BCUT2D eigenvalue weighted by Gasteiger charge is 2.45. The molecule has 0 bridgehead atoms. The number of esters is 4. The number of hydrogen-bond acceptors (Lipinski definition) is 10. The Bertz CT molecular complexity index is 640. The third-order valence-corrected chi connectivity index (χ3v) is 9.39. The van der Waals surface area contributed by atoms with E-state index in [9.17, 15) is 24.3 Å². The van der Waals surface area contributed by atoms with Gasteiger partial charge in [-0.25, -0.2) is 0 Å². The summed E-state index contributed by atoms with van der Waals surface area (Å²) in [6.45, 7) is 13.6. The van der Waals surface area contributed by atoms with Crippen LogP contribution in [-0.2, 0) is 42.6 Å². The van der Waals surface area contributed by atoms with Gasteiger partial charge in [0.05, 0.1) is 13.2 Å². The molecule has 0 spiro atoms. The molecule has 4 atom stereocenters. The fourth-order valence-electron chi connectivity index (χ4n) is 2.43. The van der Waals surface area contributed by atoms with Crippen molar-refractivity contribution in [3.63, 3.8) is 0 Å². The van der Waals surface area contributed by atoms with Gasteiger partial charge in [-0.15, -0.1) is 0 Å². The number of ether oxygens (including phenoxy) is 4. The summed E-state index contributed by atoms with van der Waals surface area (Å²) in [5.41, 5.74) is 0. The van der Waals surface area contributed by atoms with E-state index in [-0.39, 0.29) is 11.6 Å². The number of aliphatic hydroxyl groups is 1. The van der Waals surface area contributed by atoms with Crippen molar-refractivity contribution in [1.82, 2.24) is 0 Å². The van der Waals surface area contributed by atoms with Crippen LogP contribution in [0, 0.1) is 0 Å². The second-order valence-electron chi connectivity index (χ2n) is 8.70. The summed E-state index contributed by atoms with van der Waals surface area (Å²) in [6.07, 6.45) is -5.39. The Morgan fingerprint density at radius 1 is 0.742 bits per heavy atom. The summed E-state index contributed by atoms with van der Waals surface area (Å²) in [7, 11) is -2.31. The molecule has 11 heteroatoms. The fraction of sp³-hybridized carbons (Fsp3) is 0.800. The molecule has 0 fully saturated rings. The molecule has 0 aliphatic carbocycles. The zero-order valence-corrected chi connectivity index (χ0v) is 20.8. The third-order valence-electron chi connectivity index (χ3n) is 4.89. The zero-order chi connectivity index (χ0) is 24.6. The first-order chi connectivity index (χ1) is 14.0. The van der Waals surface area contributed by atoms with Crippen molar-refractivity contribution >= 4 is 32.2 Å². The van der Waals surface area contributed by atoms with Crippen molar-refractivity contribution in [3.05, 3.63) is 0 Å². The Hall–Kier alpha value is -1.98. The van der Waals surface area contributed by atoms with Gasteiger partial charge in [-0.1, -0.05) is 20.8 Å². The van der Waals surface area contributed by atoms with Crippen LogP contribution < -0.4 is 0 Å². The lowest BCUT2D eigenvalue weighted by molar-refractivity contribution is -0.203. The standard InChI is InChI=1S/C20H36O10Si/c1-12(22)27-16(10-21)18(29-14(3)24)19(30-15(4)25)17(28-13(2)23)11-26-31(8,9)20(5,6)7/h16-19,21H,10-11H2,1-9H3/t16-,17-,18-,19-/m1/s1. The second-order valence-corrected chi connectivity index (χ2v) is 13.5. The lowest BCUT2D eigenvalue weighted by Gasteiger charge is -2.39. The molecule has 0 aliphatic heterocycles. The summed E-state index contributed by atoms with van der Waals surface area (Å²) in [5, 5.41) is 9.57. The molecule has 0 amide bonds. The monoisotopic (exact) mass is 464 g/mol. The minimum absolute atomic E-state index is 0.161. The molecule has 0 saturated carbocycles. The number of carbonyl (C=O) groups excluding carboxylic acids is 4. The van der Waals surface area contributed by atoms with Gasteiger partial charge in [0.25, 0.3) is 0 Å². The number of hydrogen-bond donors (Lipinski definition) is 1. The van der Waals surface area contributed by atoms with E-state index in [2.05, 4.69) is 0 Å². The Kier molecular flexibility index (Phi) is 11.4. The van der Waals surface area contributed by atoms with Gasteiger partial charge >= 0.3 is 23.9 Å². The first-order valence-corrected chi connectivity index (χ1v) is 12.9. The minimum atomic E-state index is -2.31. The molecule has 0 aromatic heterocycles. The largest absolute Gasteiger partial charge is 0.456 e. The molecular formula is C20H36O10Si. The van der Waals surface area contributed by atoms with Gasteiger partial charge in [0.2, 0.25) is 0 Å².